The minimum atomic E-state index is -0.0607. The van der Waals surface area contributed by atoms with E-state index in [-0.39, 0.29) is 5.54 Å². The third kappa shape index (κ3) is 3.42. The molecule has 1 aliphatic heterocycles. The Bertz CT molecular complexity index is 360. The van der Waals surface area contributed by atoms with Crippen LogP contribution >= 0.6 is 0 Å². The van der Waals surface area contributed by atoms with Gasteiger partial charge in [-0.25, -0.2) is 0 Å². The van der Waals surface area contributed by atoms with Gasteiger partial charge in [0.05, 0.1) is 0 Å². The SMILES string of the molecule is C=CC[C@]1(N)CCCN(Cc2ccccc2)C1. The van der Waals surface area contributed by atoms with Crippen LogP contribution in [0.2, 0.25) is 0 Å². The predicted octanol–water partition coefficient (Wildman–Crippen LogP) is 2.56. The zero-order valence-electron chi connectivity index (χ0n) is 10.4. The summed E-state index contributed by atoms with van der Waals surface area (Å²) in [7, 11) is 0. The molecule has 0 radical (unpaired) electrons. The Labute approximate surface area is 104 Å². The minimum absolute atomic E-state index is 0.0607. The first-order valence-electron chi connectivity index (χ1n) is 6.38. The Morgan fingerprint density at radius 1 is 1.35 bits per heavy atom. The summed E-state index contributed by atoms with van der Waals surface area (Å²) in [5.41, 5.74) is 7.71. The fourth-order valence-electron chi connectivity index (χ4n) is 2.69. The quantitative estimate of drug-likeness (QED) is 0.805. The largest absolute Gasteiger partial charge is 0.324 e. The van der Waals surface area contributed by atoms with Gasteiger partial charge in [0.1, 0.15) is 0 Å². The van der Waals surface area contributed by atoms with E-state index in [4.69, 9.17) is 5.73 Å². The zero-order chi connectivity index (χ0) is 12.1. The summed E-state index contributed by atoms with van der Waals surface area (Å²) in [6.45, 7) is 6.96. The smallest absolute Gasteiger partial charge is 0.0318 e. The Kier molecular flexibility index (Phi) is 3.97. The van der Waals surface area contributed by atoms with E-state index >= 15 is 0 Å². The molecule has 2 rings (SSSR count). The lowest BCUT2D eigenvalue weighted by molar-refractivity contribution is 0.144. The highest BCUT2D eigenvalue weighted by molar-refractivity contribution is 5.14. The normalized spacial score (nSPS) is 25.7. The number of likely N-dealkylation sites (tertiary alicyclic amines) is 1. The first-order chi connectivity index (χ1) is 8.22. The first kappa shape index (κ1) is 12.3. The number of nitrogens with two attached hydrogens (primary N) is 1. The number of nitrogens with zero attached hydrogens (tertiary/aromatic N) is 1. The van der Waals surface area contributed by atoms with Crippen molar-refractivity contribution in [2.24, 2.45) is 5.73 Å². The Balaban J connectivity index is 1.96. The summed E-state index contributed by atoms with van der Waals surface area (Å²) in [4.78, 5) is 2.46. The molecule has 2 heteroatoms. The number of hydrogen-bond acceptors (Lipinski definition) is 2. The lowest BCUT2D eigenvalue weighted by Gasteiger charge is -2.40. The molecule has 1 aromatic carbocycles. The molecule has 1 fully saturated rings. The topological polar surface area (TPSA) is 29.3 Å². The van der Waals surface area contributed by atoms with Gasteiger partial charge < -0.3 is 5.73 Å². The third-order valence-electron chi connectivity index (χ3n) is 3.49. The molecule has 1 heterocycles. The molecule has 0 aliphatic carbocycles. The molecule has 92 valence electrons. The zero-order valence-corrected chi connectivity index (χ0v) is 10.4. The minimum Gasteiger partial charge on any atom is -0.324 e. The molecule has 0 aromatic heterocycles. The van der Waals surface area contributed by atoms with Crippen molar-refractivity contribution in [1.82, 2.24) is 4.90 Å². The van der Waals surface area contributed by atoms with Crippen LogP contribution in [0.4, 0.5) is 0 Å². The molecular formula is C15H22N2. The lowest BCUT2D eigenvalue weighted by Crippen LogP contribution is -2.53. The van der Waals surface area contributed by atoms with Gasteiger partial charge in [0.2, 0.25) is 0 Å². The molecule has 1 saturated heterocycles. The van der Waals surface area contributed by atoms with E-state index in [1.165, 1.54) is 12.0 Å². The van der Waals surface area contributed by atoms with Crippen molar-refractivity contribution in [1.29, 1.82) is 0 Å². The van der Waals surface area contributed by atoms with Gasteiger partial charge >= 0.3 is 0 Å². The van der Waals surface area contributed by atoms with Crippen LogP contribution < -0.4 is 5.73 Å². The van der Waals surface area contributed by atoms with E-state index < -0.39 is 0 Å². The van der Waals surface area contributed by atoms with Gasteiger partial charge in [-0.05, 0) is 31.4 Å². The second-order valence-corrected chi connectivity index (χ2v) is 5.15. The number of piperidine rings is 1. The van der Waals surface area contributed by atoms with Crippen molar-refractivity contribution in [2.75, 3.05) is 13.1 Å². The molecule has 1 aromatic rings. The number of rotatable bonds is 4. The standard InChI is InChI=1S/C15H22N2/c1-2-9-15(16)10-6-11-17(13-15)12-14-7-4-3-5-8-14/h2-5,7-8H,1,6,9-13,16H2/t15-/m0/s1. The summed E-state index contributed by atoms with van der Waals surface area (Å²) >= 11 is 0. The Hall–Kier alpha value is -1.12. The van der Waals surface area contributed by atoms with Crippen molar-refractivity contribution in [3.05, 3.63) is 48.6 Å². The second kappa shape index (κ2) is 5.48. The van der Waals surface area contributed by atoms with Gasteiger partial charge in [0, 0.05) is 18.6 Å². The predicted molar refractivity (Wildman–Crippen MR) is 72.7 cm³/mol. The summed E-state index contributed by atoms with van der Waals surface area (Å²) in [5.74, 6) is 0. The maximum Gasteiger partial charge on any atom is 0.0318 e. The van der Waals surface area contributed by atoms with Gasteiger partial charge in [-0.2, -0.15) is 0 Å². The van der Waals surface area contributed by atoms with Crippen LogP contribution in [0.1, 0.15) is 24.8 Å². The molecule has 1 atom stereocenters. The first-order valence-corrected chi connectivity index (χ1v) is 6.38. The molecule has 2 N–H and O–H groups in total. The third-order valence-corrected chi connectivity index (χ3v) is 3.49. The van der Waals surface area contributed by atoms with Gasteiger partial charge in [0.15, 0.2) is 0 Å². The Morgan fingerprint density at radius 3 is 2.82 bits per heavy atom. The van der Waals surface area contributed by atoms with Crippen LogP contribution in [-0.4, -0.2) is 23.5 Å². The monoisotopic (exact) mass is 230 g/mol. The molecule has 0 saturated carbocycles. The maximum atomic E-state index is 6.40. The van der Waals surface area contributed by atoms with Gasteiger partial charge in [0.25, 0.3) is 0 Å². The number of benzene rings is 1. The molecule has 2 nitrogen and oxygen atoms in total. The van der Waals surface area contributed by atoms with Crippen LogP contribution in [0.25, 0.3) is 0 Å². The fraction of sp³-hybridized carbons (Fsp3) is 0.467. The molecule has 17 heavy (non-hydrogen) atoms. The van der Waals surface area contributed by atoms with Gasteiger partial charge in [-0.1, -0.05) is 36.4 Å². The van der Waals surface area contributed by atoms with Crippen LogP contribution in [0.5, 0.6) is 0 Å². The van der Waals surface area contributed by atoms with E-state index in [1.54, 1.807) is 0 Å². The molecule has 0 bridgehead atoms. The van der Waals surface area contributed by atoms with Gasteiger partial charge in [-0.3, -0.25) is 4.90 Å². The average molecular weight is 230 g/mol. The van der Waals surface area contributed by atoms with Crippen molar-refractivity contribution in [2.45, 2.75) is 31.3 Å². The van der Waals surface area contributed by atoms with Crippen LogP contribution in [0.15, 0.2) is 43.0 Å². The summed E-state index contributed by atoms with van der Waals surface area (Å²) in [6, 6.07) is 10.6. The molecule has 0 spiro atoms. The van der Waals surface area contributed by atoms with Crippen LogP contribution in [0, 0.1) is 0 Å². The second-order valence-electron chi connectivity index (χ2n) is 5.15. The van der Waals surface area contributed by atoms with E-state index in [0.717, 1.165) is 32.5 Å². The van der Waals surface area contributed by atoms with E-state index in [1.807, 2.05) is 6.08 Å². The van der Waals surface area contributed by atoms with Crippen molar-refractivity contribution in [3.63, 3.8) is 0 Å². The molecule has 0 unspecified atom stereocenters. The number of hydrogen-bond donors (Lipinski definition) is 1. The maximum absolute atomic E-state index is 6.40. The fourth-order valence-corrected chi connectivity index (χ4v) is 2.69. The molecule has 0 amide bonds. The highest BCUT2D eigenvalue weighted by atomic mass is 15.2. The van der Waals surface area contributed by atoms with Crippen molar-refractivity contribution >= 4 is 0 Å². The van der Waals surface area contributed by atoms with E-state index in [0.29, 0.717) is 0 Å². The summed E-state index contributed by atoms with van der Waals surface area (Å²) in [5, 5.41) is 0. The van der Waals surface area contributed by atoms with Gasteiger partial charge in [-0.15, -0.1) is 6.58 Å². The van der Waals surface area contributed by atoms with E-state index in [2.05, 4.69) is 41.8 Å². The highest BCUT2D eigenvalue weighted by Gasteiger charge is 2.30. The van der Waals surface area contributed by atoms with E-state index in [9.17, 15) is 0 Å². The average Bonchev–Trinajstić information content (AvgIpc) is 2.30. The Morgan fingerprint density at radius 2 is 2.12 bits per heavy atom. The van der Waals surface area contributed by atoms with Crippen LogP contribution in [0.3, 0.4) is 0 Å². The summed E-state index contributed by atoms with van der Waals surface area (Å²) in [6.07, 6.45) is 5.17. The highest BCUT2D eigenvalue weighted by Crippen LogP contribution is 2.23. The van der Waals surface area contributed by atoms with Crippen molar-refractivity contribution < 1.29 is 0 Å². The molecule has 1 aliphatic rings. The molecular weight excluding hydrogens is 208 g/mol. The summed E-state index contributed by atoms with van der Waals surface area (Å²) < 4.78 is 0. The van der Waals surface area contributed by atoms with Crippen molar-refractivity contribution in [3.8, 4) is 0 Å². The lowest BCUT2D eigenvalue weighted by atomic mass is 9.87. The van der Waals surface area contributed by atoms with Crippen LogP contribution in [-0.2, 0) is 6.54 Å².